The number of urea groups is 1. The summed E-state index contributed by atoms with van der Waals surface area (Å²) in [6, 6.07) is 9.44. The zero-order chi connectivity index (χ0) is 23.8. The van der Waals surface area contributed by atoms with E-state index in [2.05, 4.69) is 36.9 Å². The summed E-state index contributed by atoms with van der Waals surface area (Å²) in [6.07, 6.45) is 3.65. The summed E-state index contributed by atoms with van der Waals surface area (Å²) in [4.78, 5) is 12.6. The molecule has 1 heterocycles. The van der Waals surface area contributed by atoms with Gasteiger partial charge in [-0.15, -0.1) is 0 Å². The first-order chi connectivity index (χ1) is 15.7. The highest BCUT2D eigenvalue weighted by Crippen LogP contribution is 2.52. The SMILES string of the molecule is COc1ccc([C@@]23CC[C@@H](NC(=O)Nc4ccc(F)c(F)c4)C[C@@H]2[N+](C)(C)CC3)cc1OC.[Cl-]. The van der Waals surface area contributed by atoms with Crippen LogP contribution in [-0.4, -0.2) is 57.5 Å². The molecule has 1 aliphatic carbocycles. The number of rotatable bonds is 5. The maximum Gasteiger partial charge on any atom is 0.319 e. The minimum absolute atomic E-state index is 0. The van der Waals surface area contributed by atoms with Crippen LogP contribution < -0.4 is 32.5 Å². The third-order valence-corrected chi connectivity index (χ3v) is 7.53. The summed E-state index contributed by atoms with van der Waals surface area (Å²) in [5.41, 5.74) is 1.47. The molecular formula is C25H32ClF2N3O3. The molecule has 0 aromatic heterocycles. The summed E-state index contributed by atoms with van der Waals surface area (Å²) in [6.45, 7) is 1.05. The van der Waals surface area contributed by atoms with Crippen molar-refractivity contribution in [3.63, 3.8) is 0 Å². The van der Waals surface area contributed by atoms with Gasteiger partial charge >= 0.3 is 6.03 Å². The molecule has 2 fully saturated rings. The van der Waals surface area contributed by atoms with Gasteiger partial charge in [0.15, 0.2) is 23.1 Å². The molecule has 0 spiro atoms. The van der Waals surface area contributed by atoms with Gasteiger partial charge in [0.25, 0.3) is 0 Å². The van der Waals surface area contributed by atoms with Crippen LogP contribution in [0, 0.1) is 11.6 Å². The molecule has 1 saturated carbocycles. The number of halogens is 3. The molecule has 0 radical (unpaired) electrons. The van der Waals surface area contributed by atoms with Gasteiger partial charge < -0.3 is 37.0 Å². The van der Waals surface area contributed by atoms with E-state index >= 15 is 0 Å². The Labute approximate surface area is 205 Å². The van der Waals surface area contributed by atoms with Gasteiger partial charge in [0, 0.05) is 30.6 Å². The Balaban J connectivity index is 0.00000324. The smallest absolute Gasteiger partial charge is 0.319 e. The number of likely N-dealkylation sites (N-methyl/N-ethyl adjacent to an activating group) is 1. The minimum Gasteiger partial charge on any atom is -1.00 e. The van der Waals surface area contributed by atoms with Crippen molar-refractivity contribution in [2.45, 2.75) is 43.2 Å². The summed E-state index contributed by atoms with van der Waals surface area (Å²) in [5, 5.41) is 5.65. The molecule has 1 aliphatic heterocycles. The topological polar surface area (TPSA) is 59.6 Å². The molecule has 0 unspecified atom stereocenters. The van der Waals surface area contributed by atoms with Crippen LogP contribution in [0.2, 0.25) is 0 Å². The van der Waals surface area contributed by atoms with E-state index in [-0.39, 0.29) is 29.6 Å². The predicted octanol–water partition coefficient (Wildman–Crippen LogP) is 1.45. The first kappa shape index (κ1) is 26.0. The van der Waals surface area contributed by atoms with E-state index < -0.39 is 17.7 Å². The van der Waals surface area contributed by atoms with Crippen molar-refractivity contribution >= 4 is 11.7 Å². The Hall–Kier alpha value is -2.58. The molecule has 2 aromatic carbocycles. The molecule has 2 amide bonds. The minimum atomic E-state index is -0.991. The van der Waals surface area contributed by atoms with Crippen LogP contribution in [0.5, 0.6) is 11.5 Å². The van der Waals surface area contributed by atoms with Gasteiger partial charge in [-0.3, -0.25) is 0 Å². The zero-order valence-corrected chi connectivity index (χ0v) is 20.7. The number of anilines is 1. The third-order valence-electron chi connectivity index (χ3n) is 7.53. The van der Waals surface area contributed by atoms with Crippen molar-refractivity contribution in [1.29, 1.82) is 0 Å². The molecule has 2 N–H and O–H groups in total. The highest BCUT2D eigenvalue weighted by Gasteiger charge is 2.57. The van der Waals surface area contributed by atoms with Crippen molar-refractivity contribution < 1.29 is 39.9 Å². The van der Waals surface area contributed by atoms with Gasteiger partial charge in [-0.2, -0.15) is 0 Å². The first-order valence-electron chi connectivity index (χ1n) is 11.3. The molecule has 1 saturated heterocycles. The summed E-state index contributed by atoms with van der Waals surface area (Å²) < 4.78 is 38.5. The Kier molecular flexibility index (Phi) is 7.62. The molecular weight excluding hydrogens is 464 g/mol. The van der Waals surface area contributed by atoms with E-state index in [4.69, 9.17) is 9.47 Å². The average molecular weight is 496 g/mol. The van der Waals surface area contributed by atoms with E-state index in [0.29, 0.717) is 11.8 Å². The monoisotopic (exact) mass is 495 g/mol. The van der Waals surface area contributed by atoms with Crippen LogP contribution in [0.1, 0.15) is 31.2 Å². The number of hydrogen-bond acceptors (Lipinski definition) is 3. The lowest BCUT2D eigenvalue weighted by Crippen LogP contribution is -3.00. The quantitative estimate of drug-likeness (QED) is 0.617. The van der Waals surface area contributed by atoms with E-state index in [1.54, 1.807) is 14.2 Å². The largest absolute Gasteiger partial charge is 1.00 e. The van der Waals surface area contributed by atoms with Gasteiger partial charge in [-0.25, -0.2) is 13.6 Å². The summed E-state index contributed by atoms with van der Waals surface area (Å²) >= 11 is 0. The molecule has 34 heavy (non-hydrogen) atoms. The fraction of sp³-hybridized carbons (Fsp3) is 0.480. The Morgan fingerprint density at radius 2 is 1.76 bits per heavy atom. The Morgan fingerprint density at radius 3 is 2.44 bits per heavy atom. The van der Waals surface area contributed by atoms with Crippen LogP contribution in [0.15, 0.2) is 36.4 Å². The number of amides is 2. The first-order valence-corrected chi connectivity index (χ1v) is 11.3. The highest BCUT2D eigenvalue weighted by molar-refractivity contribution is 5.89. The molecule has 0 bridgehead atoms. The number of quaternary nitrogens is 1. The fourth-order valence-corrected chi connectivity index (χ4v) is 5.79. The highest BCUT2D eigenvalue weighted by atomic mass is 35.5. The second kappa shape index (κ2) is 9.96. The van der Waals surface area contributed by atoms with Gasteiger partial charge in [-0.05, 0) is 42.7 Å². The van der Waals surface area contributed by atoms with Crippen LogP contribution in [0.3, 0.4) is 0 Å². The van der Waals surface area contributed by atoms with Crippen LogP contribution in [0.4, 0.5) is 19.3 Å². The lowest BCUT2D eigenvalue weighted by atomic mass is 9.64. The van der Waals surface area contributed by atoms with Gasteiger partial charge in [0.2, 0.25) is 0 Å². The van der Waals surface area contributed by atoms with Crippen LogP contribution in [-0.2, 0) is 5.41 Å². The lowest BCUT2D eigenvalue weighted by Gasteiger charge is -2.46. The number of likely N-dealkylation sites (tertiary alicyclic amines) is 1. The summed E-state index contributed by atoms with van der Waals surface area (Å²) in [7, 11) is 7.78. The molecule has 2 aromatic rings. The van der Waals surface area contributed by atoms with Gasteiger partial charge in [0.05, 0.1) is 40.3 Å². The molecule has 9 heteroatoms. The molecule has 186 valence electrons. The maximum absolute atomic E-state index is 13.5. The predicted molar refractivity (Wildman–Crippen MR) is 123 cm³/mol. The second-order valence-electron chi connectivity index (χ2n) is 9.69. The van der Waals surface area contributed by atoms with Crippen molar-refractivity contribution in [2.75, 3.05) is 40.2 Å². The van der Waals surface area contributed by atoms with E-state index in [1.807, 2.05) is 6.07 Å². The van der Waals surface area contributed by atoms with Crippen molar-refractivity contribution in [2.24, 2.45) is 0 Å². The molecule has 3 atom stereocenters. The number of nitrogens with one attached hydrogen (secondary N) is 2. The van der Waals surface area contributed by atoms with E-state index in [9.17, 15) is 13.6 Å². The fourth-order valence-electron chi connectivity index (χ4n) is 5.79. The van der Waals surface area contributed by atoms with Crippen molar-refractivity contribution in [1.82, 2.24) is 5.32 Å². The number of carbonyl (C=O) groups excluding carboxylic acids is 1. The molecule has 4 rings (SSSR count). The molecule has 2 aliphatic rings. The number of carbonyl (C=O) groups is 1. The Bertz CT molecular complexity index is 1050. The third kappa shape index (κ3) is 4.79. The number of benzene rings is 2. The number of nitrogens with zero attached hydrogens (tertiary/aromatic N) is 1. The van der Waals surface area contributed by atoms with Crippen molar-refractivity contribution in [3.05, 3.63) is 53.6 Å². The maximum atomic E-state index is 13.5. The number of hydrogen-bond donors (Lipinski definition) is 2. The number of ether oxygens (including phenoxy) is 2. The van der Waals surface area contributed by atoms with Crippen LogP contribution in [0.25, 0.3) is 0 Å². The summed E-state index contributed by atoms with van der Waals surface area (Å²) in [5.74, 6) is -0.493. The van der Waals surface area contributed by atoms with Crippen molar-refractivity contribution in [3.8, 4) is 11.5 Å². The average Bonchev–Trinajstić information content (AvgIpc) is 3.07. The normalized spacial score (nSPS) is 25.0. The standard InChI is InChI=1S/C25H31F2N3O3.ClH/c1-30(2)12-11-25(16-5-8-21(32-3)22(13-16)33-4)10-9-18(15-23(25)30)29-24(31)28-17-6-7-19(26)20(27)14-17;/h5-8,13-14,18,23H,9-12,15H2,1-4H3,(H-,28,29,31);1H/t18-,23+,25+;/m1./s1. The molecule has 6 nitrogen and oxygen atoms in total. The van der Waals surface area contributed by atoms with Crippen LogP contribution >= 0.6 is 0 Å². The van der Waals surface area contributed by atoms with E-state index in [1.165, 1.54) is 11.6 Å². The number of fused-ring (bicyclic) bond motifs is 1. The van der Waals surface area contributed by atoms with E-state index in [0.717, 1.165) is 54.6 Å². The second-order valence-corrected chi connectivity index (χ2v) is 9.69. The Morgan fingerprint density at radius 1 is 1.03 bits per heavy atom. The number of methoxy groups -OCH3 is 2. The van der Waals surface area contributed by atoms with Gasteiger partial charge in [-0.1, -0.05) is 6.07 Å². The zero-order valence-electron chi connectivity index (χ0n) is 20.0. The lowest BCUT2D eigenvalue weighted by molar-refractivity contribution is -0.905. The van der Waals surface area contributed by atoms with Gasteiger partial charge in [0.1, 0.15) is 6.04 Å².